The molecule has 1 aromatic rings. The SMILES string of the molecule is C=CCOC(=O)/C(C#N)=C/c1ccc(O)c(OC)c1. The first-order chi connectivity index (χ1) is 9.12. The van der Waals surface area contributed by atoms with Gasteiger partial charge >= 0.3 is 5.97 Å². The van der Waals surface area contributed by atoms with Crippen molar-refractivity contribution in [3.63, 3.8) is 0 Å². The quantitative estimate of drug-likeness (QED) is 0.379. The van der Waals surface area contributed by atoms with Crippen LogP contribution in [-0.4, -0.2) is 24.8 Å². The molecule has 0 aliphatic heterocycles. The van der Waals surface area contributed by atoms with Gasteiger partial charge in [0.15, 0.2) is 11.5 Å². The number of methoxy groups -OCH3 is 1. The molecule has 98 valence electrons. The van der Waals surface area contributed by atoms with Crippen LogP contribution in [0.15, 0.2) is 36.4 Å². The molecule has 19 heavy (non-hydrogen) atoms. The summed E-state index contributed by atoms with van der Waals surface area (Å²) < 4.78 is 9.70. The molecule has 1 rings (SSSR count). The monoisotopic (exact) mass is 259 g/mol. The average Bonchev–Trinajstić information content (AvgIpc) is 2.43. The minimum atomic E-state index is -0.727. The highest BCUT2D eigenvalue weighted by atomic mass is 16.5. The number of carbonyl (C=O) groups excluding carboxylic acids is 1. The van der Waals surface area contributed by atoms with Crippen molar-refractivity contribution in [2.75, 3.05) is 13.7 Å². The van der Waals surface area contributed by atoms with Crippen molar-refractivity contribution in [1.29, 1.82) is 5.26 Å². The smallest absolute Gasteiger partial charge is 0.349 e. The Morgan fingerprint density at radius 2 is 2.32 bits per heavy atom. The molecule has 1 aromatic carbocycles. The van der Waals surface area contributed by atoms with Gasteiger partial charge in [0.05, 0.1) is 7.11 Å². The van der Waals surface area contributed by atoms with Crippen LogP contribution in [0.2, 0.25) is 0 Å². The highest BCUT2D eigenvalue weighted by Crippen LogP contribution is 2.27. The van der Waals surface area contributed by atoms with Crippen molar-refractivity contribution >= 4 is 12.0 Å². The minimum Gasteiger partial charge on any atom is -0.504 e. The van der Waals surface area contributed by atoms with Crippen molar-refractivity contribution in [2.24, 2.45) is 0 Å². The number of hydrogen-bond donors (Lipinski definition) is 1. The molecule has 0 heterocycles. The van der Waals surface area contributed by atoms with Gasteiger partial charge in [0, 0.05) is 0 Å². The first-order valence-corrected chi connectivity index (χ1v) is 5.39. The Kier molecular flexibility index (Phi) is 5.17. The van der Waals surface area contributed by atoms with Crippen LogP contribution in [0.25, 0.3) is 6.08 Å². The van der Waals surface area contributed by atoms with Crippen LogP contribution in [0.4, 0.5) is 0 Å². The third kappa shape index (κ3) is 3.89. The number of rotatable bonds is 5. The predicted octanol–water partition coefficient (Wildman–Crippen LogP) is 2.04. The third-order valence-corrected chi connectivity index (χ3v) is 2.19. The molecule has 0 amide bonds. The number of nitrogens with zero attached hydrogens (tertiary/aromatic N) is 1. The molecule has 0 radical (unpaired) electrons. The molecule has 0 fully saturated rings. The molecule has 0 aromatic heterocycles. The second kappa shape index (κ2) is 6.87. The zero-order valence-corrected chi connectivity index (χ0v) is 10.4. The number of benzene rings is 1. The van der Waals surface area contributed by atoms with E-state index in [0.29, 0.717) is 5.56 Å². The van der Waals surface area contributed by atoms with E-state index in [4.69, 9.17) is 14.7 Å². The second-order valence-electron chi connectivity index (χ2n) is 3.49. The Balaban J connectivity index is 3.01. The molecule has 0 spiro atoms. The number of phenols is 1. The summed E-state index contributed by atoms with van der Waals surface area (Å²) >= 11 is 0. The van der Waals surface area contributed by atoms with Gasteiger partial charge in [0.2, 0.25) is 0 Å². The minimum absolute atomic E-state index is 0.0209. The van der Waals surface area contributed by atoms with Crippen LogP contribution in [0.3, 0.4) is 0 Å². The van der Waals surface area contributed by atoms with Crippen LogP contribution in [-0.2, 0) is 9.53 Å². The number of nitriles is 1. The van der Waals surface area contributed by atoms with Crippen LogP contribution in [0, 0.1) is 11.3 Å². The number of carbonyl (C=O) groups is 1. The predicted molar refractivity (Wildman–Crippen MR) is 69.4 cm³/mol. The lowest BCUT2D eigenvalue weighted by molar-refractivity contribution is -0.137. The molecule has 0 aliphatic rings. The highest BCUT2D eigenvalue weighted by Gasteiger charge is 2.10. The molecule has 0 saturated carbocycles. The first-order valence-electron chi connectivity index (χ1n) is 5.39. The zero-order chi connectivity index (χ0) is 14.3. The Morgan fingerprint density at radius 1 is 1.58 bits per heavy atom. The van der Waals surface area contributed by atoms with E-state index in [-0.39, 0.29) is 23.7 Å². The van der Waals surface area contributed by atoms with Gasteiger partial charge in [-0.2, -0.15) is 5.26 Å². The number of hydrogen-bond acceptors (Lipinski definition) is 5. The van der Waals surface area contributed by atoms with E-state index in [2.05, 4.69) is 6.58 Å². The molecular formula is C14H13NO4. The van der Waals surface area contributed by atoms with Crippen molar-refractivity contribution in [1.82, 2.24) is 0 Å². The molecule has 0 unspecified atom stereocenters. The summed E-state index contributed by atoms with van der Waals surface area (Å²) in [7, 11) is 1.41. The first kappa shape index (κ1) is 14.3. The summed E-state index contributed by atoms with van der Waals surface area (Å²) in [5.41, 5.74) is 0.399. The van der Waals surface area contributed by atoms with E-state index >= 15 is 0 Å². The van der Waals surface area contributed by atoms with Gasteiger partial charge in [-0.1, -0.05) is 18.7 Å². The van der Waals surface area contributed by atoms with E-state index in [9.17, 15) is 9.90 Å². The fraction of sp³-hybridized carbons (Fsp3) is 0.143. The molecule has 0 bridgehead atoms. The second-order valence-corrected chi connectivity index (χ2v) is 3.49. The molecular weight excluding hydrogens is 246 g/mol. The van der Waals surface area contributed by atoms with E-state index in [0.717, 1.165) is 0 Å². The molecule has 0 saturated heterocycles. The summed E-state index contributed by atoms with van der Waals surface area (Å²) in [6.45, 7) is 3.45. The largest absolute Gasteiger partial charge is 0.504 e. The fourth-order valence-electron chi connectivity index (χ4n) is 1.30. The van der Waals surface area contributed by atoms with E-state index in [1.807, 2.05) is 0 Å². The van der Waals surface area contributed by atoms with Crippen molar-refractivity contribution in [3.8, 4) is 17.6 Å². The summed E-state index contributed by atoms with van der Waals surface area (Å²) in [6, 6.07) is 6.23. The molecule has 5 nitrogen and oxygen atoms in total. The molecule has 0 atom stereocenters. The van der Waals surface area contributed by atoms with Gasteiger partial charge < -0.3 is 14.6 Å². The van der Waals surface area contributed by atoms with Crippen LogP contribution >= 0.6 is 0 Å². The topological polar surface area (TPSA) is 79.6 Å². The zero-order valence-electron chi connectivity index (χ0n) is 10.4. The average molecular weight is 259 g/mol. The van der Waals surface area contributed by atoms with Crippen molar-refractivity contribution in [3.05, 3.63) is 42.0 Å². The highest BCUT2D eigenvalue weighted by molar-refractivity contribution is 5.98. The summed E-state index contributed by atoms with van der Waals surface area (Å²) in [5.74, 6) is -0.493. The maximum atomic E-state index is 11.5. The number of esters is 1. The van der Waals surface area contributed by atoms with E-state index in [1.165, 1.54) is 31.4 Å². The van der Waals surface area contributed by atoms with Crippen molar-refractivity contribution in [2.45, 2.75) is 0 Å². The van der Waals surface area contributed by atoms with Crippen LogP contribution in [0.5, 0.6) is 11.5 Å². The van der Waals surface area contributed by atoms with Crippen molar-refractivity contribution < 1.29 is 19.4 Å². The lowest BCUT2D eigenvalue weighted by Crippen LogP contribution is -2.06. The lowest BCUT2D eigenvalue weighted by Gasteiger charge is -2.04. The van der Waals surface area contributed by atoms with Gasteiger partial charge in [-0.3, -0.25) is 0 Å². The van der Waals surface area contributed by atoms with Crippen LogP contribution < -0.4 is 4.74 Å². The molecule has 0 aliphatic carbocycles. The number of aromatic hydroxyl groups is 1. The van der Waals surface area contributed by atoms with E-state index < -0.39 is 5.97 Å². The lowest BCUT2D eigenvalue weighted by atomic mass is 10.1. The maximum absolute atomic E-state index is 11.5. The van der Waals surface area contributed by atoms with Gasteiger partial charge in [-0.25, -0.2) is 4.79 Å². The normalized spacial score (nSPS) is 10.4. The molecule has 5 heteroatoms. The summed E-state index contributed by atoms with van der Waals surface area (Å²) in [5, 5.41) is 18.4. The standard InChI is InChI=1S/C14H13NO4/c1-3-6-19-14(17)11(9-15)7-10-4-5-12(16)13(8-10)18-2/h3-5,7-8,16H,1,6H2,2H3/b11-7+. The third-order valence-electron chi connectivity index (χ3n) is 2.19. The van der Waals surface area contributed by atoms with Gasteiger partial charge in [0.1, 0.15) is 18.2 Å². The Bertz CT molecular complexity index is 555. The number of phenolic OH excluding ortho intramolecular Hbond substituents is 1. The van der Waals surface area contributed by atoms with Gasteiger partial charge in [-0.05, 0) is 23.8 Å². The maximum Gasteiger partial charge on any atom is 0.349 e. The Morgan fingerprint density at radius 3 is 2.89 bits per heavy atom. The van der Waals surface area contributed by atoms with Crippen LogP contribution in [0.1, 0.15) is 5.56 Å². The van der Waals surface area contributed by atoms with E-state index in [1.54, 1.807) is 12.1 Å². The Hall–Kier alpha value is -2.74. The number of ether oxygens (including phenoxy) is 2. The van der Waals surface area contributed by atoms with Gasteiger partial charge in [-0.15, -0.1) is 0 Å². The summed E-state index contributed by atoms with van der Waals surface area (Å²) in [4.78, 5) is 11.5. The molecule has 1 N–H and O–H groups in total. The summed E-state index contributed by atoms with van der Waals surface area (Å²) in [6.07, 6.45) is 2.77. The van der Waals surface area contributed by atoms with Gasteiger partial charge in [0.25, 0.3) is 0 Å². The Labute approximate surface area is 111 Å². The fourth-order valence-corrected chi connectivity index (χ4v) is 1.30.